The van der Waals surface area contributed by atoms with Crippen molar-refractivity contribution in [2.24, 2.45) is 0 Å². The molecule has 0 saturated heterocycles. The van der Waals surface area contributed by atoms with E-state index in [1.165, 1.54) is 7.05 Å². The first-order chi connectivity index (χ1) is 5.24. The lowest BCUT2D eigenvalue weighted by atomic mass is 10.2. The van der Waals surface area contributed by atoms with Crippen molar-refractivity contribution in [3.63, 3.8) is 0 Å². The Balaban J connectivity index is 4.15. The topological polar surface area (TPSA) is 46.6 Å². The molecule has 0 N–H and O–H groups in total. The second-order valence-electron chi connectivity index (χ2n) is 3.29. The summed E-state index contributed by atoms with van der Waals surface area (Å²) in [5, 5.41) is -0.857. The molecule has 0 aliphatic heterocycles. The van der Waals surface area contributed by atoms with Gasteiger partial charge in [0.25, 0.3) is 0 Å². The number of rotatable bonds is 0. The Morgan fingerprint density at radius 3 is 2.00 bits per heavy atom. The van der Waals surface area contributed by atoms with Crippen LogP contribution in [0.25, 0.3) is 0 Å². The molecule has 0 aromatic heterocycles. The predicted molar refractivity (Wildman–Crippen MR) is 45.2 cm³/mol. The summed E-state index contributed by atoms with van der Waals surface area (Å²) in [6.45, 7) is 5.12. The summed E-state index contributed by atoms with van der Waals surface area (Å²) >= 11 is 5.04. The van der Waals surface area contributed by atoms with E-state index in [1.54, 1.807) is 20.8 Å². The number of nitrogens with zero attached hydrogens (tertiary/aromatic N) is 1. The maximum absolute atomic E-state index is 11.0. The molecule has 5 heteroatoms. The van der Waals surface area contributed by atoms with Crippen LogP contribution in [0.15, 0.2) is 0 Å². The molecule has 0 spiro atoms. The van der Waals surface area contributed by atoms with Crippen LogP contribution in [0, 0.1) is 0 Å². The van der Waals surface area contributed by atoms with Gasteiger partial charge in [0, 0.05) is 7.05 Å². The van der Waals surface area contributed by atoms with Crippen LogP contribution >= 0.6 is 11.6 Å². The molecule has 12 heavy (non-hydrogen) atoms. The largest absolute Gasteiger partial charge is 0.443 e. The van der Waals surface area contributed by atoms with E-state index in [0.29, 0.717) is 4.90 Å². The Morgan fingerprint density at radius 2 is 1.75 bits per heavy atom. The smallest absolute Gasteiger partial charge is 0.417 e. The summed E-state index contributed by atoms with van der Waals surface area (Å²) in [5.41, 5.74) is -0.613. The van der Waals surface area contributed by atoms with Crippen LogP contribution in [-0.4, -0.2) is 29.0 Å². The van der Waals surface area contributed by atoms with E-state index in [1.807, 2.05) is 0 Å². The third-order valence-electron chi connectivity index (χ3n) is 0.931. The zero-order chi connectivity index (χ0) is 9.94. The highest BCUT2D eigenvalue weighted by atomic mass is 35.5. The number of hydrogen-bond donors (Lipinski definition) is 0. The van der Waals surface area contributed by atoms with Crippen molar-refractivity contribution in [1.82, 2.24) is 4.90 Å². The first kappa shape index (κ1) is 11.2. The molecule has 0 bridgehead atoms. The molecule has 0 saturated carbocycles. The molecule has 0 unspecified atom stereocenters. The minimum Gasteiger partial charge on any atom is -0.443 e. The molecule has 0 radical (unpaired) electrons. The number of imide groups is 1. The van der Waals surface area contributed by atoms with Gasteiger partial charge in [-0.25, -0.2) is 9.69 Å². The van der Waals surface area contributed by atoms with E-state index in [-0.39, 0.29) is 0 Å². The van der Waals surface area contributed by atoms with Crippen LogP contribution in [0.1, 0.15) is 20.8 Å². The van der Waals surface area contributed by atoms with Crippen molar-refractivity contribution < 1.29 is 14.3 Å². The van der Waals surface area contributed by atoms with E-state index in [0.717, 1.165) is 0 Å². The quantitative estimate of drug-likeness (QED) is 0.438. The Hall–Kier alpha value is -0.770. The van der Waals surface area contributed by atoms with E-state index in [4.69, 9.17) is 16.3 Å². The fraction of sp³-hybridized carbons (Fsp3) is 0.714. The van der Waals surface area contributed by atoms with Crippen LogP contribution in [0.3, 0.4) is 0 Å². The average molecular weight is 194 g/mol. The van der Waals surface area contributed by atoms with Crippen LogP contribution in [-0.2, 0) is 4.74 Å². The molecule has 4 nitrogen and oxygen atoms in total. The summed E-state index contributed by atoms with van der Waals surface area (Å²) in [4.78, 5) is 22.2. The first-order valence-electron chi connectivity index (χ1n) is 3.40. The minimum atomic E-state index is -0.857. The second-order valence-corrected chi connectivity index (χ2v) is 3.62. The van der Waals surface area contributed by atoms with E-state index in [2.05, 4.69) is 0 Å². The van der Waals surface area contributed by atoms with E-state index in [9.17, 15) is 9.59 Å². The lowest BCUT2D eigenvalue weighted by molar-refractivity contribution is 0.0377. The van der Waals surface area contributed by atoms with Gasteiger partial charge in [0.15, 0.2) is 0 Å². The molecular formula is C7H12ClNO3. The second kappa shape index (κ2) is 3.76. The Morgan fingerprint density at radius 1 is 1.33 bits per heavy atom. The van der Waals surface area contributed by atoms with Crippen molar-refractivity contribution >= 4 is 23.1 Å². The van der Waals surface area contributed by atoms with Crippen LogP contribution in [0.5, 0.6) is 0 Å². The van der Waals surface area contributed by atoms with Gasteiger partial charge in [0.2, 0.25) is 0 Å². The highest BCUT2D eigenvalue weighted by Gasteiger charge is 2.22. The van der Waals surface area contributed by atoms with Crippen molar-refractivity contribution in [3.8, 4) is 0 Å². The normalized spacial score (nSPS) is 10.8. The number of ether oxygens (including phenoxy) is 1. The molecule has 0 aromatic carbocycles. The van der Waals surface area contributed by atoms with Crippen LogP contribution in [0.2, 0.25) is 0 Å². The molecule has 0 fully saturated rings. The molecule has 0 rings (SSSR count). The molecule has 0 heterocycles. The van der Waals surface area contributed by atoms with Crippen molar-refractivity contribution in [2.45, 2.75) is 26.4 Å². The Labute approximate surface area is 76.4 Å². The zero-order valence-corrected chi connectivity index (χ0v) is 8.31. The van der Waals surface area contributed by atoms with Crippen LogP contribution < -0.4 is 0 Å². The van der Waals surface area contributed by atoms with E-state index < -0.39 is 17.1 Å². The van der Waals surface area contributed by atoms with Crippen LogP contribution in [0.4, 0.5) is 9.59 Å². The number of amides is 2. The first-order valence-corrected chi connectivity index (χ1v) is 3.78. The van der Waals surface area contributed by atoms with Crippen molar-refractivity contribution in [1.29, 1.82) is 0 Å². The van der Waals surface area contributed by atoms with Gasteiger partial charge in [-0.1, -0.05) is 0 Å². The average Bonchev–Trinajstić information content (AvgIpc) is 1.82. The van der Waals surface area contributed by atoms with Crippen molar-refractivity contribution in [3.05, 3.63) is 0 Å². The van der Waals surface area contributed by atoms with Gasteiger partial charge in [0.05, 0.1) is 0 Å². The molecule has 70 valence electrons. The van der Waals surface area contributed by atoms with Gasteiger partial charge in [-0.2, -0.15) is 0 Å². The molecule has 0 aliphatic rings. The molecular weight excluding hydrogens is 182 g/mol. The fourth-order valence-electron chi connectivity index (χ4n) is 0.402. The summed E-state index contributed by atoms with van der Waals surface area (Å²) in [6, 6.07) is 0. The summed E-state index contributed by atoms with van der Waals surface area (Å²) in [5.74, 6) is 0. The highest BCUT2D eigenvalue weighted by molar-refractivity contribution is 6.63. The Bertz CT molecular complexity index is 197. The third-order valence-corrected chi connectivity index (χ3v) is 1.18. The SMILES string of the molecule is CN(C(=O)Cl)C(=O)OC(C)(C)C. The predicted octanol–water partition coefficient (Wildman–Crippen LogP) is 2.21. The fourth-order valence-corrected chi connectivity index (χ4v) is 0.471. The van der Waals surface area contributed by atoms with Gasteiger partial charge in [-0.05, 0) is 32.4 Å². The van der Waals surface area contributed by atoms with Gasteiger partial charge in [-0.3, -0.25) is 4.79 Å². The minimum absolute atomic E-state index is 0.613. The maximum Gasteiger partial charge on any atom is 0.417 e. The van der Waals surface area contributed by atoms with Gasteiger partial charge < -0.3 is 4.74 Å². The summed E-state index contributed by atoms with van der Waals surface area (Å²) < 4.78 is 4.84. The lowest BCUT2D eigenvalue weighted by Gasteiger charge is -2.22. The highest BCUT2D eigenvalue weighted by Crippen LogP contribution is 2.09. The molecule has 0 atom stereocenters. The summed E-state index contributed by atoms with van der Waals surface area (Å²) in [7, 11) is 1.25. The van der Waals surface area contributed by atoms with Gasteiger partial charge in [0.1, 0.15) is 5.60 Å². The molecule has 0 aromatic rings. The standard InChI is InChI=1S/C7H12ClNO3/c1-7(2,3)12-6(11)9(4)5(8)10/h1-4H3. The van der Waals surface area contributed by atoms with E-state index >= 15 is 0 Å². The maximum atomic E-state index is 11.0. The molecule has 2 amide bonds. The zero-order valence-electron chi connectivity index (χ0n) is 7.55. The molecule has 0 aliphatic carbocycles. The Kier molecular flexibility index (Phi) is 3.52. The van der Waals surface area contributed by atoms with Crippen molar-refractivity contribution in [2.75, 3.05) is 7.05 Å². The number of hydrogen-bond acceptors (Lipinski definition) is 3. The number of carbonyl (C=O) groups excluding carboxylic acids is 2. The monoisotopic (exact) mass is 193 g/mol. The third kappa shape index (κ3) is 4.18. The lowest BCUT2D eigenvalue weighted by Crippen LogP contribution is -2.35. The number of carbonyl (C=O) groups is 2. The number of halogens is 1. The van der Waals surface area contributed by atoms with Gasteiger partial charge >= 0.3 is 11.5 Å². The van der Waals surface area contributed by atoms with Gasteiger partial charge in [-0.15, -0.1) is 0 Å². The summed E-state index contributed by atoms with van der Waals surface area (Å²) in [6.07, 6.45) is -0.748.